The number of carbonyl (C=O) groups is 1. The molecular formula is C14H21ClN2O. The SMILES string of the molecule is CC1CCCCCN1C(=O)c1ccc(N)cc1.Cl. The second kappa shape index (κ2) is 6.64. The van der Waals surface area contributed by atoms with Crippen molar-refractivity contribution in [3.8, 4) is 0 Å². The van der Waals surface area contributed by atoms with Crippen LogP contribution in [0, 0.1) is 0 Å². The molecule has 1 unspecified atom stereocenters. The molecule has 1 heterocycles. The third-order valence-electron chi connectivity index (χ3n) is 3.47. The highest BCUT2D eigenvalue weighted by molar-refractivity contribution is 5.94. The van der Waals surface area contributed by atoms with Gasteiger partial charge in [-0.05, 0) is 44.0 Å². The van der Waals surface area contributed by atoms with Crippen LogP contribution < -0.4 is 5.73 Å². The van der Waals surface area contributed by atoms with Crippen molar-refractivity contribution < 1.29 is 4.79 Å². The maximum absolute atomic E-state index is 12.4. The van der Waals surface area contributed by atoms with E-state index in [2.05, 4.69) is 6.92 Å². The molecule has 1 atom stereocenters. The lowest BCUT2D eigenvalue weighted by atomic mass is 10.1. The van der Waals surface area contributed by atoms with Crippen LogP contribution in [-0.2, 0) is 0 Å². The van der Waals surface area contributed by atoms with E-state index in [4.69, 9.17) is 5.73 Å². The molecule has 0 aromatic heterocycles. The van der Waals surface area contributed by atoms with Crippen molar-refractivity contribution in [2.24, 2.45) is 0 Å². The highest BCUT2D eigenvalue weighted by Crippen LogP contribution is 2.19. The zero-order valence-electron chi connectivity index (χ0n) is 10.8. The highest BCUT2D eigenvalue weighted by atomic mass is 35.5. The van der Waals surface area contributed by atoms with Gasteiger partial charge in [0.25, 0.3) is 5.91 Å². The second-order valence-electron chi connectivity index (χ2n) is 4.82. The van der Waals surface area contributed by atoms with Gasteiger partial charge in [0.05, 0.1) is 0 Å². The van der Waals surface area contributed by atoms with Crippen LogP contribution in [0.4, 0.5) is 5.69 Å². The summed E-state index contributed by atoms with van der Waals surface area (Å²) in [4.78, 5) is 14.4. The van der Waals surface area contributed by atoms with Gasteiger partial charge in [-0.3, -0.25) is 4.79 Å². The molecular weight excluding hydrogens is 248 g/mol. The molecule has 1 amide bonds. The Morgan fingerprint density at radius 3 is 2.56 bits per heavy atom. The van der Waals surface area contributed by atoms with Crippen LogP contribution in [0.3, 0.4) is 0 Å². The molecule has 0 spiro atoms. The molecule has 0 bridgehead atoms. The molecule has 3 nitrogen and oxygen atoms in total. The van der Waals surface area contributed by atoms with Crippen LogP contribution in [0.5, 0.6) is 0 Å². The Morgan fingerprint density at radius 1 is 1.22 bits per heavy atom. The zero-order chi connectivity index (χ0) is 12.3. The average Bonchev–Trinajstić information content (AvgIpc) is 2.54. The number of nitrogens with zero attached hydrogens (tertiary/aromatic N) is 1. The third-order valence-corrected chi connectivity index (χ3v) is 3.47. The van der Waals surface area contributed by atoms with Gasteiger partial charge in [-0.25, -0.2) is 0 Å². The zero-order valence-corrected chi connectivity index (χ0v) is 11.6. The topological polar surface area (TPSA) is 46.3 Å². The van der Waals surface area contributed by atoms with E-state index in [0.717, 1.165) is 24.9 Å². The fourth-order valence-electron chi connectivity index (χ4n) is 2.37. The number of nitrogens with two attached hydrogens (primary N) is 1. The van der Waals surface area contributed by atoms with Crippen molar-refractivity contribution in [1.29, 1.82) is 0 Å². The lowest BCUT2D eigenvalue weighted by molar-refractivity contribution is 0.0698. The van der Waals surface area contributed by atoms with Gasteiger partial charge in [-0.1, -0.05) is 12.8 Å². The van der Waals surface area contributed by atoms with Gasteiger partial charge in [0, 0.05) is 23.8 Å². The quantitative estimate of drug-likeness (QED) is 0.796. The molecule has 2 N–H and O–H groups in total. The molecule has 4 heteroatoms. The van der Waals surface area contributed by atoms with Crippen molar-refractivity contribution in [2.45, 2.75) is 38.6 Å². The van der Waals surface area contributed by atoms with Crippen LogP contribution in [0.25, 0.3) is 0 Å². The smallest absolute Gasteiger partial charge is 0.254 e. The summed E-state index contributed by atoms with van der Waals surface area (Å²) in [5, 5.41) is 0. The molecule has 1 fully saturated rings. The minimum Gasteiger partial charge on any atom is -0.399 e. The number of hydrogen-bond donors (Lipinski definition) is 1. The van der Waals surface area contributed by atoms with Gasteiger partial charge < -0.3 is 10.6 Å². The maximum atomic E-state index is 12.4. The maximum Gasteiger partial charge on any atom is 0.254 e. The molecule has 0 radical (unpaired) electrons. The fourth-order valence-corrected chi connectivity index (χ4v) is 2.37. The minimum atomic E-state index is 0. The van der Waals surface area contributed by atoms with E-state index in [9.17, 15) is 4.79 Å². The van der Waals surface area contributed by atoms with Crippen molar-refractivity contribution in [3.63, 3.8) is 0 Å². The van der Waals surface area contributed by atoms with Crippen molar-refractivity contribution in [1.82, 2.24) is 4.90 Å². The summed E-state index contributed by atoms with van der Waals surface area (Å²) < 4.78 is 0. The Morgan fingerprint density at radius 2 is 1.89 bits per heavy atom. The lowest BCUT2D eigenvalue weighted by Crippen LogP contribution is -2.38. The predicted molar refractivity (Wildman–Crippen MR) is 77.1 cm³/mol. The summed E-state index contributed by atoms with van der Waals surface area (Å²) >= 11 is 0. The van der Waals surface area contributed by atoms with E-state index in [1.165, 1.54) is 12.8 Å². The van der Waals surface area contributed by atoms with Gasteiger partial charge in [-0.2, -0.15) is 0 Å². The number of likely N-dealkylation sites (tertiary alicyclic amines) is 1. The van der Waals surface area contributed by atoms with Crippen LogP contribution in [0.15, 0.2) is 24.3 Å². The van der Waals surface area contributed by atoms with Crippen LogP contribution in [0.2, 0.25) is 0 Å². The first kappa shape index (κ1) is 14.8. The predicted octanol–water partition coefficient (Wildman–Crippen LogP) is 3.10. The van der Waals surface area contributed by atoms with Gasteiger partial charge >= 0.3 is 0 Å². The molecule has 100 valence electrons. The fraction of sp³-hybridized carbons (Fsp3) is 0.500. The second-order valence-corrected chi connectivity index (χ2v) is 4.82. The molecule has 1 aliphatic rings. The first-order valence-electron chi connectivity index (χ1n) is 6.35. The Labute approximate surface area is 115 Å². The molecule has 1 aromatic carbocycles. The first-order chi connectivity index (χ1) is 8.18. The molecule has 1 aromatic rings. The van der Waals surface area contributed by atoms with Gasteiger partial charge in [0.2, 0.25) is 0 Å². The van der Waals surface area contributed by atoms with Gasteiger partial charge in [0.1, 0.15) is 0 Å². The van der Waals surface area contributed by atoms with Crippen molar-refractivity contribution in [3.05, 3.63) is 29.8 Å². The number of nitrogen functional groups attached to an aromatic ring is 1. The van der Waals surface area contributed by atoms with Crippen LogP contribution in [-0.4, -0.2) is 23.4 Å². The van der Waals surface area contributed by atoms with E-state index in [-0.39, 0.29) is 18.3 Å². The normalized spacial score (nSPS) is 19.8. The van der Waals surface area contributed by atoms with Gasteiger partial charge in [0.15, 0.2) is 0 Å². The molecule has 1 saturated heterocycles. The Hall–Kier alpha value is -1.22. The van der Waals surface area contributed by atoms with E-state index in [1.54, 1.807) is 12.1 Å². The van der Waals surface area contributed by atoms with E-state index in [1.807, 2.05) is 17.0 Å². The summed E-state index contributed by atoms with van der Waals surface area (Å²) in [6.45, 7) is 3.02. The van der Waals surface area contributed by atoms with Crippen LogP contribution >= 0.6 is 12.4 Å². The third kappa shape index (κ3) is 3.39. The highest BCUT2D eigenvalue weighted by Gasteiger charge is 2.22. The summed E-state index contributed by atoms with van der Waals surface area (Å²) in [7, 11) is 0. The number of anilines is 1. The molecule has 0 saturated carbocycles. The Balaban J connectivity index is 0.00000162. The summed E-state index contributed by atoms with van der Waals surface area (Å²) in [6, 6.07) is 7.55. The number of rotatable bonds is 1. The summed E-state index contributed by atoms with van der Waals surface area (Å²) in [5.41, 5.74) is 7.08. The van der Waals surface area contributed by atoms with E-state index in [0.29, 0.717) is 11.7 Å². The molecule has 1 aliphatic heterocycles. The molecule has 0 aliphatic carbocycles. The number of halogens is 1. The van der Waals surface area contributed by atoms with E-state index < -0.39 is 0 Å². The lowest BCUT2D eigenvalue weighted by Gasteiger charge is -2.27. The van der Waals surface area contributed by atoms with Crippen LogP contribution in [0.1, 0.15) is 43.0 Å². The summed E-state index contributed by atoms with van der Waals surface area (Å²) in [6.07, 6.45) is 4.69. The number of amides is 1. The standard InChI is InChI=1S/C14H20N2O.ClH/c1-11-5-3-2-4-10-16(11)14(17)12-6-8-13(15)9-7-12;/h6-9,11H,2-5,10,15H2,1H3;1H. The number of benzene rings is 1. The average molecular weight is 269 g/mol. The Bertz CT molecular complexity index is 391. The van der Waals surface area contributed by atoms with Gasteiger partial charge in [-0.15, -0.1) is 12.4 Å². The first-order valence-corrected chi connectivity index (χ1v) is 6.35. The number of carbonyl (C=O) groups excluding carboxylic acids is 1. The molecule has 2 rings (SSSR count). The Kier molecular flexibility index (Phi) is 5.48. The minimum absolute atomic E-state index is 0. The molecule has 18 heavy (non-hydrogen) atoms. The van der Waals surface area contributed by atoms with E-state index >= 15 is 0 Å². The monoisotopic (exact) mass is 268 g/mol. The largest absolute Gasteiger partial charge is 0.399 e. The van der Waals surface area contributed by atoms with Crippen molar-refractivity contribution in [2.75, 3.05) is 12.3 Å². The van der Waals surface area contributed by atoms with Crippen molar-refractivity contribution >= 4 is 24.0 Å². The summed E-state index contributed by atoms with van der Waals surface area (Å²) in [5.74, 6) is 0.138. The number of hydrogen-bond acceptors (Lipinski definition) is 2.